The van der Waals surface area contributed by atoms with Crippen LogP contribution < -0.4 is 0 Å². The first kappa shape index (κ1) is 11.2. The van der Waals surface area contributed by atoms with Crippen LogP contribution in [0, 0.1) is 11.7 Å². The molecule has 0 saturated carbocycles. The molecule has 2 heteroatoms. The highest BCUT2D eigenvalue weighted by Crippen LogP contribution is 2.25. The first-order valence-corrected chi connectivity index (χ1v) is 4.96. The van der Waals surface area contributed by atoms with Gasteiger partial charge < -0.3 is 5.11 Å². The lowest BCUT2D eigenvalue weighted by Gasteiger charge is -2.22. The first-order valence-electron chi connectivity index (χ1n) is 4.96. The molecule has 0 spiro atoms. The van der Waals surface area contributed by atoms with E-state index < -0.39 is 6.10 Å². The molecule has 0 aliphatic heterocycles. The van der Waals surface area contributed by atoms with E-state index in [4.69, 9.17) is 0 Å². The summed E-state index contributed by atoms with van der Waals surface area (Å²) >= 11 is 0. The average molecular weight is 196 g/mol. The van der Waals surface area contributed by atoms with Gasteiger partial charge in [-0.25, -0.2) is 4.39 Å². The van der Waals surface area contributed by atoms with Crippen LogP contribution in [0.25, 0.3) is 0 Å². The van der Waals surface area contributed by atoms with Crippen LogP contribution in [0.2, 0.25) is 0 Å². The average Bonchev–Trinajstić information content (AvgIpc) is 2.16. The zero-order chi connectivity index (χ0) is 10.7. The van der Waals surface area contributed by atoms with Crippen LogP contribution in [0.15, 0.2) is 24.3 Å². The topological polar surface area (TPSA) is 20.2 Å². The molecule has 1 N–H and O–H groups in total. The van der Waals surface area contributed by atoms with Gasteiger partial charge in [-0.2, -0.15) is 0 Å². The lowest BCUT2D eigenvalue weighted by molar-refractivity contribution is 0.101. The van der Waals surface area contributed by atoms with Gasteiger partial charge in [-0.3, -0.25) is 0 Å². The van der Waals surface area contributed by atoms with Gasteiger partial charge in [0.2, 0.25) is 0 Å². The van der Waals surface area contributed by atoms with Crippen molar-refractivity contribution in [2.45, 2.75) is 32.8 Å². The number of aliphatic hydroxyl groups excluding tert-OH is 1. The molecule has 1 aromatic rings. The zero-order valence-electron chi connectivity index (χ0n) is 8.87. The van der Waals surface area contributed by atoms with Crippen LogP contribution in [-0.2, 0) is 0 Å². The molecular formula is C12H17FO. The maximum absolute atomic E-state index is 13.4. The molecule has 0 saturated heterocycles. The number of aliphatic hydroxyl groups is 1. The van der Waals surface area contributed by atoms with Crippen molar-refractivity contribution < 1.29 is 9.50 Å². The summed E-state index contributed by atoms with van der Waals surface area (Å²) < 4.78 is 13.4. The first-order chi connectivity index (χ1) is 6.54. The summed E-state index contributed by atoms with van der Waals surface area (Å²) in [6.07, 6.45) is -0.494. The van der Waals surface area contributed by atoms with E-state index in [-0.39, 0.29) is 17.7 Å². The summed E-state index contributed by atoms with van der Waals surface area (Å²) in [6, 6.07) is 6.61. The maximum atomic E-state index is 13.4. The molecule has 1 aromatic carbocycles. The summed E-state index contributed by atoms with van der Waals surface area (Å²) in [7, 11) is 0. The van der Waals surface area contributed by atoms with Gasteiger partial charge in [0.15, 0.2) is 0 Å². The lowest BCUT2D eigenvalue weighted by atomic mass is 9.89. The van der Waals surface area contributed by atoms with E-state index in [1.54, 1.807) is 18.2 Å². The van der Waals surface area contributed by atoms with E-state index in [1.807, 2.05) is 20.8 Å². The molecule has 78 valence electrons. The Kier molecular flexibility index (Phi) is 3.64. The van der Waals surface area contributed by atoms with Crippen molar-refractivity contribution in [3.8, 4) is 0 Å². The molecule has 0 bridgehead atoms. The van der Waals surface area contributed by atoms with Gasteiger partial charge in [0.25, 0.3) is 0 Å². The molecule has 0 amide bonds. The second-order valence-corrected chi connectivity index (χ2v) is 4.04. The Morgan fingerprint density at radius 2 is 1.71 bits per heavy atom. The summed E-state index contributed by atoms with van der Waals surface area (Å²) in [4.78, 5) is 0. The molecule has 1 rings (SSSR count). The smallest absolute Gasteiger partial charge is 0.126 e. The van der Waals surface area contributed by atoms with E-state index in [1.165, 1.54) is 6.07 Å². The summed E-state index contributed by atoms with van der Waals surface area (Å²) in [5.74, 6) is -0.250. The second kappa shape index (κ2) is 4.56. The molecule has 0 heterocycles. The highest BCUT2D eigenvalue weighted by Gasteiger charge is 2.21. The minimum absolute atomic E-state index is 0.143. The minimum atomic E-state index is -0.494. The van der Waals surface area contributed by atoms with E-state index in [0.717, 1.165) is 0 Å². The lowest BCUT2D eigenvalue weighted by Crippen LogP contribution is -2.22. The standard InChI is InChI=1S/C12H17FO/c1-8(2)12(14)9(3)10-6-4-5-7-11(10)13/h4-9,12,14H,1-3H3. The fraction of sp³-hybridized carbons (Fsp3) is 0.500. The molecule has 0 aliphatic rings. The predicted octanol–water partition coefficient (Wildman–Crippen LogP) is 2.95. The summed E-state index contributed by atoms with van der Waals surface area (Å²) in [6.45, 7) is 5.72. The van der Waals surface area contributed by atoms with E-state index >= 15 is 0 Å². The molecule has 0 radical (unpaired) electrons. The normalized spacial score (nSPS) is 15.6. The van der Waals surface area contributed by atoms with E-state index in [0.29, 0.717) is 5.56 Å². The number of benzene rings is 1. The minimum Gasteiger partial charge on any atom is -0.392 e. The van der Waals surface area contributed by atoms with Crippen molar-refractivity contribution in [1.82, 2.24) is 0 Å². The monoisotopic (exact) mass is 196 g/mol. The van der Waals surface area contributed by atoms with Crippen molar-refractivity contribution in [2.24, 2.45) is 5.92 Å². The molecule has 2 unspecified atom stereocenters. The zero-order valence-corrected chi connectivity index (χ0v) is 8.87. The predicted molar refractivity (Wildman–Crippen MR) is 55.7 cm³/mol. The van der Waals surface area contributed by atoms with Crippen LogP contribution in [0.3, 0.4) is 0 Å². The Balaban J connectivity index is 2.89. The number of halogens is 1. The maximum Gasteiger partial charge on any atom is 0.126 e. The molecule has 2 atom stereocenters. The third kappa shape index (κ3) is 2.32. The van der Waals surface area contributed by atoms with Gasteiger partial charge >= 0.3 is 0 Å². The largest absolute Gasteiger partial charge is 0.392 e. The van der Waals surface area contributed by atoms with Gasteiger partial charge in [-0.1, -0.05) is 39.0 Å². The molecule has 1 nitrogen and oxygen atoms in total. The quantitative estimate of drug-likeness (QED) is 0.788. The number of rotatable bonds is 3. The van der Waals surface area contributed by atoms with Crippen molar-refractivity contribution in [3.05, 3.63) is 35.6 Å². The third-order valence-corrected chi connectivity index (χ3v) is 2.59. The highest BCUT2D eigenvalue weighted by molar-refractivity contribution is 5.22. The fourth-order valence-corrected chi connectivity index (χ4v) is 1.61. The molecule has 14 heavy (non-hydrogen) atoms. The number of hydrogen-bond donors (Lipinski definition) is 1. The Bertz CT molecular complexity index is 296. The summed E-state index contributed by atoms with van der Waals surface area (Å²) in [5.41, 5.74) is 0.591. The van der Waals surface area contributed by atoms with Crippen molar-refractivity contribution >= 4 is 0 Å². The number of hydrogen-bond acceptors (Lipinski definition) is 1. The van der Waals surface area contributed by atoms with Gasteiger partial charge in [-0.05, 0) is 17.5 Å². The van der Waals surface area contributed by atoms with E-state index in [9.17, 15) is 9.50 Å². The summed E-state index contributed by atoms with van der Waals surface area (Å²) in [5, 5.41) is 9.81. The van der Waals surface area contributed by atoms with Gasteiger partial charge in [0.1, 0.15) is 5.82 Å². The van der Waals surface area contributed by atoms with Crippen molar-refractivity contribution in [2.75, 3.05) is 0 Å². The highest BCUT2D eigenvalue weighted by atomic mass is 19.1. The van der Waals surface area contributed by atoms with E-state index in [2.05, 4.69) is 0 Å². The third-order valence-electron chi connectivity index (χ3n) is 2.59. The fourth-order valence-electron chi connectivity index (χ4n) is 1.61. The van der Waals surface area contributed by atoms with Crippen LogP contribution in [0.4, 0.5) is 4.39 Å². The van der Waals surface area contributed by atoms with Gasteiger partial charge in [-0.15, -0.1) is 0 Å². The van der Waals surface area contributed by atoms with Crippen LogP contribution in [0.5, 0.6) is 0 Å². The Labute approximate surface area is 84.6 Å². The Morgan fingerprint density at radius 1 is 1.14 bits per heavy atom. The van der Waals surface area contributed by atoms with Crippen LogP contribution >= 0.6 is 0 Å². The Hall–Kier alpha value is -0.890. The molecule has 0 aliphatic carbocycles. The second-order valence-electron chi connectivity index (χ2n) is 4.04. The van der Waals surface area contributed by atoms with Crippen LogP contribution in [-0.4, -0.2) is 11.2 Å². The van der Waals surface area contributed by atoms with Gasteiger partial charge in [0, 0.05) is 5.92 Å². The Morgan fingerprint density at radius 3 is 2.21 bits per heavy atom. The van der Waals surface area contributed by atoms with Crippen molar-refractivity contribution in [1.29, 1.82) is 0 Å². The molecular weight excluding hydrogens is 179 g/mol. The van der Waals surface area contributed by atoms with Crippen molar-refractivity contribution in [3.63, 3.8) is 0 Å². The molecule has 0 fully saturated rings. The van der Waals surface area contributed by atoms with Gasteiger partial charge in [0.05, 0.1) is 6.10 Å². The van der Waals surface area contributed by atoms with Crippen LogP contribution in [0.1, 0.15) is 32.3 Å². The SMILES string of the molecule is CC(C)C(O)C(C)c1ccccc1F. The molecule has 0 aromatic heterocycles.